The molecule has 1 atom stereocenters. The van der Waals surface area contributed by atoms with Gasteiger partial charge in [0.25, 0.3) is 5.91 Å². The SMILES string of the molecule is COC(=O)c1ccc(C(=O)N[C@H](CN2CCOCC2)c2ccccc2)cc1. The van der Waals surface area contributed by atoms with Crippen LogP contribution in [0.5, 0.6) is 0 Å². The van der Waals surface area contributed by atoms with E-state index >= 15 is 0 Å². The van der Waals surface area contributed by atoms with Gasteiger partial charge in [-0.15, -0.1) is 0 Å². The molecule has 142 valence electrons. The summed E-state index contributed by atoms with van der Waals surface area (Å²) in [5.74, 6) is -0.593. The Labute approximate surface area is 159 Å². The maximum absolute atomic E-state index is 12.8. The monoisotopic (exact) mass is 368 g/mol. The number of nitrogens with zero attached hydrogens (tertiary/aromatic N) is 1. The molecule has 1 aliphatic rings. The zero-order chi connectivity index (χ0) is 19.1. The summed E-state index contributed by atoms with van der Waals surface area (Å²) in [4.78, 5) is 26.6. The minimum atomic E-state index is -0.420. The van der Waals surface area contributed by atoms with E-state index in [2.05, 4.69) is 15.0 Å². The molecule has 1 fully saturated rings. The molecule has 1 amide bonds. The Bertz CT molecular complexity index is 756. The summed E-state index contributed by atoms with van der Waals surface area (Å²) in [6.45, 7) is 3.86. The number of hydrogen-bond acceptors (Lipinski definition) is 5. The van der Waals surface area contributed by atoms with Gasteiger partial charge in [-0.3, -0.25) is 9.69 Å². The second-order valence-electron chi connectivity index (χ2n) is 6.42. The topological polar surface area (TPSA) is 67.9 Å². The molecule has 0 bridgehead atoms. The highest BCUT2D eigenvalue weighted by atomic mass is 16.5. The van der Waals surface area contributed by atoms with Gasteiger partial charge in [0.1, 0.15) is 0 Å². The van der Waals surface area contributed by atoms with E-state index in [4.69, 9.17) is 4.74 Å². The Morgan fingerprint density at radius 1 is 1.04 bits per heavy atom. The predicted octanol–water partition coefficient (Wildman–Crippen LogP) is 2.28. The van der Waals surface area contributed by atoms with Crippen molar-refractivity contribution in [3.63, 3.8) is 0 Å². The molecular weight excluding hydrogens is 344 g/mol. The normalized spacial score (nSPS) is 15.7. The second kappa shape index (κ2) is 9.30. The van der Waals surface area contributed by atoms with Gasteiger partial charge in [0.2, 0.25) is 0 Å². The first-order chi connectivity index (χ1) is 13.2. The van der Waals surface area contributed by atoms with Crippen LogP contribution in [0, 0.1) is 0 Å². The number of benzene rings is 2. The lowest BCUT2D eigenvalue weighted by molar-refractivity contribution is 0.0332. The molecule has 0 radical (unpaired) electrons. The second-order valence-corrected chi connectivity index (χ2v) is 6.42. The van der Waals surface area contributed by atoms with Crippen LogP contribution >= 0.6 is 0 Å². The van der Waals surface area contributed by atoms with Crippen LogP contribution in [0.15, 0.2) is 54.6 Å². The number of carbonyl (C=O) groups is 2. The van der Waals surface area contributed by atoms with Gasteiger partial charge < -0.3 is 14.8 Å². The van der Waals surface area contributed by atoms with Crippen molar-refractivity contribution in [2.75, 3.05) is 40.0 Å². The third-order valence-corrected chi connectivity index (χ3v) is 4.62. The van der Waals surface area contributed by atoms with Crippen molar-refractivity contribution < 1.29 is 19.1 Å². The van der Waals surface area contributed by atoms with Crippen LogP contribution in [-0.4, -0.2) is 56.7 Å². The lowest BCUT2D eigenvalue weighted by Crippen LogP contribution is -2.43. The van der Waals surface area contributed by atoms with E-state index < -0.39 is 5.97 Å². The minimum absolute atomic E-state index is 0.128. The van der Waals surface area contributed by atoms with Gasteiger partial charge >= 0.3 is 5.97 Å². The van der Waals surface area contributed by atoms with E-state index in [1.54, 1.807) is 24.3 Å². The number of carbonyl (C=O) groups excluding carboxylic acids is 2. The molecule has 27 heavy (non-hydrogen) atoms. The number of rotatable bonds is 6. The summed E-state index contributed by atoms with van der Waals surface area (Å²) >= 11 is 0. The molecule has 0 unspecified atom stereocenters. The highest BCUT2D eigenvalue weighted by molar-refractivity contribution is 5.96. The van der Waals surface area contributed by atoms with Crippen LogP contribution in [-0.2, 0) is 9.47 Å². The number of esters is 1. The third-order valence-electron chi connectivity index (χ3n) is 4.62. The van der Waals surface area contributed by atoms with Crippen molar-refractivity contribution >= 4 is 11.9 Å². The zero-order valence-electron chi connectivity index (χ0n) is 15.4. The Balaban J connectivity index is 1.72. The standard InChI is InChI=1S/C21H24N2O4/c1-26-21(25)18-9-7-17(8-10-18)20(24)22-19(16-5-3-2-4-6-16)15-23-11-13-27-14-12-23/h2-10,19H,11-15H2,1H3,(H,22,24)/t19-/m1/s1. The number of methoxy groups -OCH3 is 1. The summed E-state index contributed by atoms with van der Waals surface area (Å²) in [6, 6.07) is 16.3. The maximum Gasteiger partial charge on any atom is 0.337 e. The van der Waals surface area contributed by atoms with Crippen molar-refractivity contribution in [1.82, 2.24) is 10.2 Å². The van der Waals surface area contributed by atoms with Crippen LogP contribution in [0.1, 0.15) is 32.3 Å². The van der Waals surface area contributed by atoms with Crippen LogP contribution < -0.4 is 5.32 Å². The Hall–Kier alpha value is -2.70. The van der Waals surface area contributed by atoms with E-state index in [0.29, 0.717) is 24.3 Å². The molecule has 6 nitrogen and oxygen atoms in total. The smallest absolute Gasteiger partial charge is 0.337 e. The van der Waals surface area contributed by atoms with E-state index in [9.17, 15) is 9.59 Å². The lowest BCUT2D eigenvalue weighted by Gasteiger charge is -2.31. The fourth-order valence-corrected chi connectivity index (χ4v) is 3.08. The van der Waals surface area contributed by atoms with Crippen molar-refractivity contribution in [3.05, 3.63) is 71.3 Å². The fraction of sp³-hybridized carbons (Fsp3) is 0.333. The molecule has 6 heteroatoms. The molecule has 1 saturated heterocycles. The van der Waals surface area contributed by atoms with E-state index in [-0.39, 0.29) is 11.9 Å². The fourth-order valence-electron chi connectivity index (χ4n) is 3.08. The van der Waals surface area contributed by atoms with Gasteiger partial charge in [-0.1, -0.05) is 30.3 Å². The highest BCUT2D eigenvalue weighted by Gasteiger charge is 2.21. The average molecular weight is 368 g/mol. The maximum atomic E-state index is 12.8. The summed E-state index contributed by atoms with van der Waals surface area (Å²) in [6.07, 6.45) is 0. The van der Waals surface area contributed by atoms with E-state index in [1.165, 1.54) is 7.11 Å². The number of morpholine rings is 1. The van der Waals surface area contributed by atoms with Crippen molar-refractivity contribution in [3.8, 4) is 0 Å². The highest BCUT2D eigenvalue weighted by Crippen LogP contribution is 2.16. The van der Waals surface area contributed by atoms with Gasteiger partial charge in [-0.05, 0) is 29.8 Å². The van der Waals surface area contributed by atoms with Crippen LogP contribution in [0.2, 0.25) is 0 Å². The largest absolute Gasteiger partial charge is 0.465 e. The number of nitrogens with one attached hydrogen (secondary N) is 1. The number of hydrogen-bond donors (Lipinski definition) is 1. The van der Waals surface area contributed by atoms with Gasteiger partial charge in [0.05, 0.1) is 31.9 Å². The van der Waals surface area contributed by atoms with E-state index in [0.717, 1.165) is 25.2 Å². The molecule has 1 N–H and O–H groups in total. The molecule has 2 aromatic rings. The van der Waals surface area contributed by atoms with Crippen molar-refractivity contribution in [1.29, 1.82) is 0 Å². The van der Waals surface area contributed by atoms with Crippen LogP contribution in [0.3, 0.4) is 0 Å². The minimum Gasteiger partial charge on any atom is -0.465 e. The first-order valence-electron chi connectivity index (χ1n) is 9.01. The third kappa shape index (κ3) is 5.15. The summed E-state index contributed by atoms with van der Waals surface area (Å²) < 4.78 is 10.1. The molecule has 1 heterocycles. The molecule has 3 rings (SSSR count). The Kier molecular flexibility index (Phi) is 6.57. The first-order valence-corrected chi connectivity index (χ1v) is 9.01. The molecule has 1 aliphatic heterocycles. The van der Waals surface area contributed by atoms with Crippen molar-refractivity contribution in [2.24, 2.45) is 0 Å². The summed E-state index contributed by atoms with van der Waals surface area (Å²) in [5.41, 5.74) is 1.98. The van der Waals surface area contributed by atoms with Crippen LogP contribution in [0.4, 0.5) is 0 Å². The van der Waals surface area contributed by atoms with Gasteiger partial charge in [-0.2, -0.15) is 0 Å². The van der Waals surface area contributed by atoms with Gasteiger partial charge in [0, 0.05) is 25.2 Å². The number of amides is 1. The first kappa shape index (κ1) is 19.1. The summed E-state index contributed by atoms with van der Waals surface area (Å²) in [7, 11) is 1.33. The predicted molar refractivity (Wildman–Crippen MR) is 102 cm³/mol. The van der Waals surface area contributed by atoms with Gasteiger partial charge in [0.15, 0.2) is 0 Å². The summed E-state index contributed by atoms with van der Waals surface area (Å²) in [5, 5.41) is 3.12. The zero-order valence-corrected chi connectivity index (χ0v) is 15.4. The van der Waals surface area contributed by atoms with Crippen molar-refractivity contribution in [2.45, 2.75) is 6.04 Å². The Morgan fingerprint density at radius 3 is 2.30 bits per heavy atom. The Morgan fingerprint density at radius 2 is 1.67 bits per heavy atom. The average Bonchev–Trinajstić information content (AvgIpc) is 2.74. The molecule has 0 aromatic heterocycles. The number of ether oxygens (including phenoxy) is 2. The molecule has 0 aliphatic carbocycles. The van der Waals surface area contributed by atoms with Crippen LogP contribution in [0.25, 0.3) is 0 Å². The van der Waals surface area contributed by atoms with E-state index in [1.807, 2.05) is 30.3 Å². The molecular formula is C21H24N2O4. The molecule has 0 saturated carbocycles. The molecule has 2 aromatic carbocycles. The molecule has 0 spiro atoms. The van der Waals surface area contributed by atoms with Gasteiger partial charge in [-0.25, -0.2) is 4.79 Å². The quantitative estimate of drug-likeness (QED) is 0.793. The lowest BCUT2D eigenvalue weighted by atomic mass is 10.0.